The molecular weight excluding hydrogens is 1320 g/mol. The molecule has 0 radical (unpaired) electrons. The molecule has 10 aromatic rings. The normalized spacial score (nSPS) is 11.6. The second-order valence-electron chi connectivity index (χ2n) is 19.2. The zero-order valence-corrected chi connectivity index (χ0v) is 53.4. The van der Waals surface area contributed by atoms with E-state index in [2.05, 4.69) is 51.5 Å². The minimum atomic E-state index is -4.81. The van der Waals surface area contributed by atoms with Gasteiger partial charge in [-0.1, -0.05) is 138 Å². The minimum absolute atomic E-state index is 0. The number of benzene rings is 10. The number of carbonyl (C=O) groups is 3. The molecule has 10 rings (SSSR count). The predicted molar refractivity (Wildman–Crippen MR) is 351 cm³/mol. The molecule has 2 amide bonds. The van der Waals surface area contributed by atoms with Gasteiger partial charge in [0.25, 0.3) is 17.5 Å². The van der Waals surface area contributed by atoms with Gasteiger partial charge in [-0.25, -0.2) is 13.2 Å². The molecule has 0 saturated carbocycles. The maximum atomic E-state index is 12.5. The summed E-state index contributed by atoms with van der Waals surface area (Å²) in [4.78, 5) is 55.9. The molecule has 0 fully saturated rings. The number of hydrogen-bond donors (Lipinski definition) is 6. The number of hydrogen-bond acceptors (Lipinski definition) is 22. The van der Waals surface area contributed by atoms with Crippen LogP contribution in [0.15, 0.2) is 270 Å². The van der Waals surface area contributed by atoms with Crippen LogP contribution in [0.25, 0.3) is 32.7 Å². The zero-order valence-electron chi connectivity index (χ0n) is 48.8. The van der Waals surface area contributed by atoms with E-state index in [-0.39, 0.29) is 99.1 Å². The summed E-state index contributed by atoms with van der Waals surface area (Å²) < 4.78 is 34.3. The van der Waals surface area contributed by atoms with Crippen LogP contribution in [0, 0.1) is 27.2 Å². The molecule has 0 unspecified atom stereocenters. The standard InChI is InChI=1S/C30H22Cl2N6O4.C18H14N2O6S.C16H10N4O5.Ca/c31-23-15-19(11-13-25(23)35-37-27(17-39)29(41)33-21-7-3-1-4-8-21)20-12-14-26(24(32)16-20)36-38-28(18-40)30(42)34-22-9-5-2-6-10-22;1-10-6-7-14(15(8-10)27(24,25)26)19-20-16-12-5-3-2-4-11(12)9-13(17(16)21)18(22)23;21-15-8-5-10-3-1-2-4-12(10)16(15)18-17-13-7-6-11(19(22)23)9-14(13)20(24)25;/h1-18,39-40H,(H,33,41)(H,34,42);2-9,21H,1H3,(H,22,23)(H,24,25,26);1-9,21H;/q;;;+2/p-2/b27-17+,28-18+,37-35?,38-36?;;;. The number of fused-ring (bicyclic) bond motifs is 2. The Bertz CT molecular complexity index is 4780. The molecule has 31 heteroatoms. The molecule has 0 saturated heterocycles. The summed E-state index contributed by atoms with van der Waals surface area (Å²) in [6, 6.07) is 52.3. The number of nitrogens with one attached hydrogen (secondary N) is 2. The molecule has 0 aliphatic rings. The second-order valence-corrected chi connectivity index (χ2v) is 21.4. The Morgan fingerprint density at radius 3 is 1.51 bits per heavy atom. The molecule has 27 nitrogen and oxygen atoms in total. The third-order valence-electron chi connectivity index (χ3n) is 12.9. The van der Waals surface area contributed by atoms with Crippen molar-refractivity contribution in [1.29, 1.82) is 0 Å². The average molecular weight is 1360 g/mol. The number of nitro groups is 2. The minimum Gasteiger partial charge on any atom is -0.870 e. The summed E-state index contributed by atoms with van der Waals surface area (Å²) in [6.07, 6.45) is 1.11. The summed E-state index contributed by atoms with van der Waals surface area (Å²) in [5.41, 5.74) is 0.972. The Balaban J connectivity index is 0.000000210. The number of halogens is 2. The number of aliphatic hydroxyl groups is 2. The Labute approximate surface area is 577 Å². The maximum absolute atomic E-state index is 12.5. The predicted octanol–water partition coefficient (Wildman–Crippen LogP) is 16.5. The number of nitro benzene ring substituents is 2. The number of carboxylic acids is 1. The fourth-order valence-corrected chi connectivity index (χ4v) is 9.46. The van der Waals surface area contributed by atoms with E-state index in [0.717, 1.165) is 29.7 Å². The summed E-state index contributed by atoms with van der Waals surface area (Å²) in [7, 11) is -4.81. The van der Waals surface area contributed by atoms with Gasteiger partial charge in [0.15, 0.2) is 17.1 Å². The van der Waals surface area contributed by atoms with Crippen LogP contribution in [0.4, 0.5) is 56.9 Å². The number of amides is 2. The van der Waals surface area contributed by atoms with E-state index >= 15 is 0 Å². The first-order valence-electron chi connectivity index (χ1n) is 26.9. The van der Waals surface area contributed by atoms with E-state index in [4.69, 9.17) is 23.2 Å². The van der Waals surface area contributed by atoms with Crippen LogP contribution in [0.2, 0.25) is 10.0 Å². The van der Waals surface area contributed by atoms with Crippen molar-refractivity contribution in [2.24, 2.45) is 40.9 Å². The van der Waals surface area contributed by atoms with Gasteiger partial charge >= 0.3 is 49.4 Å². The topological polar surface area (TPSA) is 422 Å². The third-order valence-corrected chi connectivity index (χ3v) is 14.4. The van der Waals surface area contributed by atoms with Crippen molar-refractivity contribution >= 4 is 167 Å². The van der Waals surface area contributed by atoms with E-state index in [0.29, 0.717) is 56.7 Å². The average Bonchev–Trinajstić information content (AvgIpc) is 0.805. The Hall–Kier alpha value is -11.2. The molecule has 95 heavy (non-hydrogen) atoms. The molecule has 0 aromatic heterocycles. The van der Waals surface area contributed by atoms with E-state index in [1.165, 1.54) is 24.3 Å². The van der Waals surface area contributed by atoms with Crippen LogP contribution in [0.1, 0.15) is 15.9 Å². The van der Waals surface area contributed by atoms with Gasteiger partial charge < -0.3 is 40.7 Å². The van der Waals surface area contributed by atoms with Gasteiger partial charge in [0.2, 0.25) is 0 Å². The van der Waals surface area contributed by atoms with Gasteiger partial charge in [-0.05, 0) is 113 Å². The quantitative estimate of drug-likeness (QED) is 0.00938. The number of anilines is 2. The number of phenols is 1. The Morgan fingerprint density at radius 1 is 0.537 bits per heavy atom. The number of carboxylic acid groups (broad SMARTS) is 1. The van der Waals surface area contributed by atoms with Gasteiger partial charge in [-0.3, -0.25) is 29.8 Å². The number of aryl methyl sites for hydroxylation is 1. The third kappa shape index (κ3) is 18.7. The van der Waals surface area contributed by atoms with E-state index in [9.17, 15) is 73.1 Å². The number of rotatable bonds is 17. The number of phenolic OH excluding ortho intramolecular Hbond substituents is 1. The van der Waals surface area contributed by atoms with E-state index in [1.807, 2.05) is 12.1 Å². The van der Waals surface area contributed by atoms with Crippen LogP contribution in [0.5, 0.6) is 11.5 Å². The Morgan fingerprint density at radius 2 is 1.01 bits per heavy atom. The summed E-state index contributed by atoms with van der Waals surface area (Å²) in [5, 5.41) is 111. The largest absolute Gasteiger partial charge is 2.00 e. The van der Waals surface area contributed by atoms with Crippen molar-refractivity contribution in [2.45, 2.75) is 11.8 Å². The molecule has 0 heterocycles. The number of nitrogens with zero attached hydrogens (tertiary/aromatic N) is 10. The molecule has 10 aromatic carbocycles. The van der Waals surface area contributed by atoms with Crippen molar-refractivity contribution in [3.05, 3.63) is 266 Å². The van der Waals surface area contributed by atoms with Crippen LogP contribution < -0.4 is 15.7 Å². The van der Waals surface area contributed by atoms with Crippen molar-refractivity contribution in [3.8, 4) is 22.6 Å². The smallest absolute Gasteiger partial charge is 0.870 e. The first-order chi connectivity index (χ1) is 45.0. The van der Waals surface area contributed by atoms with Crippen molar-refractivity contribution < 1.29 is 62.7 Å². The van der Waals surface area contributed by atoms with Crippen molar-refractivity contribution in [2.75, 3.05) is 10.6 Å². The zero-order chi connectivity index (χ0) is 67.6. The molecule has 6 N–H and O–H groups in total. The van der Waals surface area contributed by atoms with Crippen molar-refractivity contribution in [1.82, 2.24) is 0 Å². The molecular formula is C64H44CaCl2N12O15S. The first kappa shape index (κ1) is 71.2. The second kappa shape index (κ2) is 32.9. The SMILES string of the molecule is Cc1ccc(N=Nc2c([O-])c(C(=O)O)cc3ccccc23)c(S(=O)(=O)[O-])c1.O=C(Nc1ccccc1)/C(=C\O)N=Nc1ccc(-c2ccc(N=N/C(=C/O)C(=O)Nc3ccccc3)c(Cl)c2)cc1Cl.O=[N+]([O-])c1ccc(N=Nc2c(O)ccc3ccccc23)c([N+](=O)[O-])c1.[Ca+2]. The molecule has 0 aliphatic carbocycles. The van der Waals surface area contributed by atoms with Crippen molar-refractivity contribution in [3.63, 3.8) is 0 Å². The first-order valence-corrected chi connectivity index (χ1v) is 29.0. The number of aliphatic hydroxyl groups excluding tert-OH is 2. The monoisotopic (exact) mass is 1360 g/mol. The number of para-hydroxylation sites is 2. The van der Waals surface area contributed by atoms with Gasteiger partial charge in [-0.2, -0.15) is 5.11 Å². The fourth-order valence-electron chi connectivity index (χ4n) is 8.33. The number of azo groups is 4. The summed E-state index contributed by atoms with van der Waals surface area (Å²) in [5.74, 6) is -3.70. The number of carbonyl (C=O) groups excluding carboxylic acids is 2. The summed E-state index contributed by atoms with van der Waals surface area (Å²) in [6.45, 7) is 1.61. The van der Waals surface area contributed by atoms with Crippen LogP contribution in [-0.2, 0) is 19.7 Å². The van der Waals surface area contributed by atoms with Gasteiger partial charge in [0, 0.05) is 28.2 Å². The molecule has 472 valence electrons. The van der Waals surface area contributed by atoms with Crippen LogP contribution >= 0.6 is 23.2 Å². The Kier molecular flexibility index (Phi) is 24.6. The van der Waals surface area contributed by atoms with Gasteiger partial charge in [0.05, 0.1) is 42.1 Å². The molecule has 0 bridgehead atoms. The molecule has 0 aliphatic heterocycles. The van der Waals surface area contributed by atoms with Crippen LogP contribution in [-0.4, -0.2) is 98.8 Å². The molecule has 0 atom stereocenters. The van der Waals surface area contributed by atoms with E-state index in [1.54, 1.807) is 146 Å². The van der Waals surface area contributed by atoms with Gasteiger partial charge in [-0.15, -0.1) is 35.8 Å². The fraction of sp³-hybridized carbons (Fsp3) is 0.0156. The number of aromatic carboxylic acids is 1. The van der Waals surface area contributed by atoms with E-state index < -0.39 is 65.3 Å². The number of aromatic hydroxyl groups is 1. The molecule has 0 spiro atoms. The number of non-ortho nitro benzene ring substituents is 1. The van der Waals surface area contributed by atoms with Crippen LogP contribution in [0.3, 0.4) is 0 Å². The van der Waals surface area contributed by atoms with Gasteiger partial charge in [0.1, 0.15) is 51.1 Å². The summed E-state index contributed by atoms with van der Waals surface area (Å²) >= 11 is 12.8. The maximum Gasteiger partial charge on any atom is 2.00 e.